The van der Waals surface area contributed by atoms with Crippen molar-refractivity contribution in [2.24, 2.45) is 7.05 Å². The SMILES string of the molecule is CCn1c(C2CCN(Cc3cc4c(cc3OC)OCO4)CC2)nn(C)c1=O. The maximum atomic E-state index is 12.1. The highest BCUT2D eigenvalue weighted by Crippen LogP contribution is 2.39. The molecule has 1 aromatic heterocycles. The summed E-state index contributed by atoms with van der Waals surface area (Å²) in [5.74, 6) is 3.59. The topological polar surface area (TPSA) is 70.8 Å². The summed E-state index contributed by atoms with van der Waals surface area (Å²) >= 11 is 0. The third-order valence-electron chi connectivity index (χ3n) is 5.48. The van der Waals surface area contributed by atoms with E-state index in [-0.39, 0.29) is 12.5 Å². The van der Waals surface area contributed by atoms with Gasteiger partial charge in [-0.2, -0.15) is 5.10 Å². The molecule has 4 rings (SSSR count). The first-order valence-electron chi connectivity index (χ1n) is 9.43. The molecule has 0 saturated carbocycles. The molecule has 0 bridgehead atoms. The molecule has 1 fully saturated rings. The van der Waals surface area contributed by atoms with Crippen LogP contribution >= 0.6 is 0 Å². The van der Waals surface area contributed by atoms with Gasteiger partial charge in [-0.1, -0.05) is 0 Å². The molecule has 0 atom stereocenters. The van der Waals surface area contributed by atoms with Gasteiger partial charge in [0.15, 0.2) is 11.5 Å². The van der Waals surface area contributed by atoms with Crippen LogP contribution in [0, 0.1) is 0 Å². The van der Waals surface area contributed by atoms with E-state index in [1.54, 1.807) is 18.7 Å². The first-order chi connectivity index (χ1) is 13.1. The molecule has 0 unspecified atom stereocenters. The van der Waals surface area contributed by atoms with E-state index < -0.39 is 0 Å². The van der Waals surface area contributed by atoms with Gasteiger partial charge in [0.1, 0.15) is 11.6 Å². The Bertz CT molecular complexity index is 881. The van der Waals surface area contributed by atoms with Crippen LogP contribution in [0.5, 0.6) is 17.2 Å². The molecule has 3 heterocycles. The molecule has 146 valence electrons. The Balaban J connectivity index is 1.45. The number of aromatic nitrogens is 3. The molecule has 27 heavy (non-hydrogen) atoms. The van der Waals surface area contributed by atoms with Crippen LogP contribution in [0.25, 0.3) is 0 Å². The second-order valence-electron chi connectivity index (χ2n) is 7.08. The van der Waals surface area contributed by atoms with E-state index >= 15 is 0 Å². The van der Waals surface area contributed by atoms with Crippen molar-refractivity contribution >= 4 is 0 Å². The number of aryl methyl sites for hydroxylation is 1. The Hall–Kier alpha value is -2.48. The number of nitrogens with zero attached hydrogens (tertiary/aromatic N) is 4. The van der Waals surface area contributed by atoms with Gasteiger partial charge in [-0.25, -0.2) is 9.48 Å². The molecule has 2 aliphatic heterocycles. The summed E-state index contributed by atoms with van der Waals surface area (Å²) in [5, 5.41) is 4.48. The van der Waals surface area contributed by atoms with Crippen LogP contribution in [-0.4, -0.2) is 46.2 Å². The predicted octanol–water partition coefficient (Wildman–Crippen LogP) is 1.72. The van der Waals surface area contributed by atoms with Crippen molar-refractivity contribution in [3.05, 3.63) is 34.0 Å². The van der Waals surface area contributed by atoms with Crippen LogP contribution in [0.1, 0.15) is 37.1 Å². The molecule has 0 spiro atoms. The van der Waals surface area contributed by atoms with Crippen LogP contribution in [0.4, 0.5) is 0 Å². The van der Waals surface area contributed by atoms with Crippen LogP contribution in [0.2, 0.25) is 0 Å². The van der Waals surface area contributed by atoms with Gasteiger partial charge in [-0.05, 0) is 38.9 Å². The molecular formula is C19H26N4O4. The van der Waals surface area contributed by atoms with Gasteiger partial charge < -0.3 is 14.2 Å². The Labute approximate surface area is 158 Å². The zero-order chi connectivity index (χ0) is 19.0. The minimum absolute atomic E-state index is 0.0278. The summed E-state index contributed by atoms with van der Waals surface area (Å²) in [7, 11) is 3.40. The maximum absolute atomic E-state index is 12.1. The number of likely N-dealkylation sites (tertiary alicyclic amines) is 1. The van der Waals surface area contributed by atoms with E-state index in [9.17, 15) is 4.79 Å². The molecule has 0 N–H and O–H groups in total. The first kappa shape index (κ1) is 17.9. The van der Waals surface area contributed by atoms with Crippen molar-refractivity contribution in [3.63, 3.8) is 0 Å². The van der Waals surface area contributed by atoms with Gasteiger partial charge in [-0.15, -0.1) is 0 Å². The number of hydrogen-bond donors (Lipinski definition) is 0. The number of methoxy groups -OCH3 is 1. The summed E-state index contributed by atoms with van der Waals surface area (Å²) < 4.78 is 19.7. The smallest absolute Gasteiger partial charge is 0.345 e. The van der Waals surface area contributed by atoms with Crippen molar-refractivity contribution in [1.29, 1.82) is 0 Å². The molecular weight excluding hydrogens is 348 g/mol. The highest BCUT2D eigenvalue weighted by atomic mass is 16.7. The number of benzene rings is 1. The van der Waals surface area contributed by atoms with Gasteiger partial charge in [0, 0.05) is 37.7 Å². The predicted molar refractivity (Wildman–Crippen MR) is 99.5 cm³/mol. The van der Waals surface area contributed by atoms with Gasteiger partial charge in [0.05, 0.1) is 7.11 Å². The second kappa shape index (κ2) is 7.26. The van der Waals surface area contributed by atoms with Gasteiger partial charge in [0.2, 0.25) is 6.79 Å². The van der Waals surface area contributed by atoms with Crippen LogP contribution < -0.4 is 19.9 Å². The standard InChI is InChI=1S/C19H26N4O4/c1-4-23-18(20-21(2)19(23)24)13-5-7-22(8-6-13)11-14-9-16-17(27-12-26-16)10-15(14)25-3/h9-10,13H,4-8,11-12H2,1-3H3. The Kier molecular flexibility index (Phi) is 4.82. The molecule has 0 amide bonds. The normalized spacial score (nSPS) is 17.4. The minimum atomic E-state index is -0.0278. The zero-order valence-corrected chi connectivity index (χ0v) is 16.1. The van der Waals surface area contributed by atoms with Gasteiger partial charge in [-0.3, -0.25) is 9.47 Å². The van der Waals surface area contributed by atoms with Crippen molar-refractivity contribution in [3.8, 4) is 17.2 Å². The van der Waals surface area contributed by atoms with E-state index in [2.05, 4.69) is 10.00 Å². The molecule has 1 saturated heterocycles. The molecule has 2 aliphatic rings. The molecule has 0 aliphatic carbocycles. The van der Waals surface area contributed by atoms with Gasteiger partial charge >= 0.3 is 5.69 Å². The molecule has 8 nitrogen and oxygen atoms in total. The quantitative estimate of drug-likeness (QED) is 0.794. The lowest BCUT2D eigenvalue weighted by Gasteiger charge is -2.31. The number of rotatable bonds is 5. The largest absolute Gasteiger partial charge is 0.496 e. The van der Waals surface area contributed by atoms with Gasteiger partial charge in [0.25, 0.3) is 0 Å². The van der Waals surface area contributed by atoms with Crippen LogP contribution in [0.3, 0.4) is 0 Å². The van der Waals surface area contributed by atoms with Crippen molar-refractivity contribution < 1.29 is 14.2 Å². The molecule has 1 aromatic carbocycles. The summed E-state index contributed by atoms with van der Waals surface area (Å²) in [6.45, 7) is 5.63. The monoisotopic (exact) mass is 374 g/mol. The maximum Gasteiger partial charge on any atom is 0.345 e. The van der Waals surface area contributed by atoms with Crippen LogP contribution in [-0.2, 0) is 20.1 Å². The first-order valence-corrected chi connectivity index (χ1v) is 9.43. The number of fused-ring (bicyclic) bond motifs is 1. The van der Waals surface area contributed by atoms with E-state index in [1.807, 2.05) is 19.1 Å². The Morgan fingerprint density at radius 2 is 1.93 bits per heavy atom. The van der Waals surface area contributed by atoms with Crippen molar-refractivity contribution in [2.75, 3.05) is 27.0 Å². The fourth-order valence-corrected chi connectivity index (χ4v) is 3.99. The lowest BCUT2D eigenvalue weighted by Crippen LogP contribution is -2.34. The fraction of sp³-hybridized carbons (Fsp3) is 0.579. The Morgan fingerprint density at radius 1 is 1.22 bits per heavy atom. The van der Waals surface area contributed by atoms with E-state index in [1.165, 1.54) is 4.68 Å². The number of ether oxygens (including phenoxy) is 3. The Morgan fingerprint density at radius 3 is 2.59 bits per heavy atom. The van der Waals surface area contributed by atoms with E-state index in [4.69, 9.17) is 14.2 Å². The number of piperidine rings is 1. The third-order valence-corrected chi connectivity index (χ3v) is 5.48. The summed E-state index contributed by atoms with van der Waals surface area (Å²) in [6, 6.07) is 3.92. The summed E-state index contributed by atoms with van der Waals surface area (Å²) in [4.78, 5) is 14.6. The van der Waals surface area contributed by atoms with Crippen molar-refractivity contribution in [2.45, 2.75) is 38.8 Å². The van der Waals surface area contributed by atoms with E-state index in [0.717, 1.165) is 61.1 Å². The van der Waals surface area contributed by atoms with Crippen LogP contribution in [0.15, 0.2) is 16.9 Å². The number of hydrogen-bond acceptors (Lipinski definition) is 6. The second-order valence-corrected chi connectivity index (χ2v) is 7.08. The fourth-order valence-electron chi connectivity index (χ4n) is 3.99. The lowest BCUT2D eigenvalue weighted by atomic mass is 9.95. The van der Waals surface area contributed by atoms with Crippen molar-refractivity contribution in [1.82, 2.24) is 19.2 Å². The average molecular weight is 374 g/mol. The molecule has 0 radical (unpaired) electrons. The summed E-state index contributed by atoms with van der Waals surface area (Å²) in [5.41, 5.74) is 1.07. The van der Waals surface area contributed by atoms with E-state index in [0.29, 0.717) is 12.5 Å². The molecule has 8 heteroatoms. The molecule has 2 aromatic rings. The average Bonchev–Trinajstić information content (AvgIpc) is 3.25. The lowest BCUT2D eigenvalue weighted by molar-refractivity contribution is 0.173. The zero-order valence-electron chi connectivity index (χ0n) is 16.1. The third kappa shape index (κ3) is 3.29. The summed E-state index contributed by atoms with van der Waals surface area (Å²) in [6.07, 6.45) is 1.98. The highest BCUT2D eigenvalue weighted by molar-refractivity contribution is 5.51. The highest BCUT2D eigenvalue weighted by Gasteiger charge is 2.27. The minimum Gasteiger partial charge on any atom is -0.496 e.